The molecule has 0 saturated heterocycles. The van der Waals surface area contributed by atoms with Crippen LogP contribution in [0.3, 0.4) is 0 Å². The molecular formula is C9H7BrMgN2. The average molecular weight is 247 g/mol. The third-order valence-corrected chi connectivity index (χ3v) is 1.50. The van der Waals surface area contributed by atoms with Crippen LogP contribution < -0.4 is 17.0 Å². The molecule has 0 radical (unpaired) electrons. The molecule has 2 nitrogen and oxygen atoms in total. The predicted molar refractivity (Wildman–Crippen MR) is 48.2 cm³/mol. The van der Waals surface area contributed by atoms with E-state index < -0.39 is 0 Å². The number of rotatable bonds is 1. The van der Waals surface area contributed by atoms with Gasteiger partial charge in [0.1, 0.15) is 0 Å². The summed E-state index contributed by atoms with van der Waals surface area (Å²) >= 11 is 0. The summed E-state index contributed by atoms with van der Waals surface area (Å²) in [7, 11) is 0. The molecule has 2 aromatic rings. The number of aromatic nitrogens is 2. The summed E-state index contributed by atoms with van der Waals surface area (Å²) in [6, 6.07) is 10.7. The van der Waals surface area contributed by atoms with Crippen LogP contribution in [0.5, 0.6) is 0 Å². The first kappa shape index (κ1) is 12.7. The van der Waals surface area contributed by atoms with E-state index in [0.29, 0.717) is 0 Å². The van der Waals surface area contributed by atoms with Gasteiger partial charge in [-0.3, -0.25) is 0 Å². The zero-order chi connectivity index (χ0) is 7.52. The van der Waals surface area contributed by atoms with Crippen LogP contribution >= 0.6 is 0 Å². The Labute approximate surface area is 104 Å². The molecule has 13 heavy (non-hydrogen) atoms. The number of halogens is 1. The van der Waals surface area contributed by atoms with Gasteiger partial charge in [0, 0.05) is 12.4 Å². The molecule has 1 heterocycles. The second-order valence-corrected chi connectivity index (χ2v) is 2.23. The number of hydrogen-bond donors (Lipinski definition) is 0. The molecule has 0 saturated carbocycles. The van der Waals surface area contributed by atoms with Gasteiger partial charge in [-0.25, -0.2) is 4.98 Å². The second-order valence-electron chi connectivity index (χ2n) is 2.23. The molecule has 62 valence electrons. The van der Waals surface area contributed by atoms with Crippen LogP contribution in [0.15, 0.2) is 43.0 Å². The van der Waals surface area contributed by atoms with Gasteiger partial charge in [-0.05, 0) is 0 Å². The van der Waals surface area contributed by atoms with Crippen molar-refractivity contribution < 1.29 is 17.0 Å². The van der Waals surface area contributed by atoms with Gasteiger partial charge in [-0.15, -0.1) is 12.1 Å². The van der Waals surface area contributed by atoms with Crippen molar-refractivity contribution in [2.75, 3.05) is 0 Å². The topological polar surface area (TPSA) is 17.8 Å². The van der Waals surface area contributed by atoms with Crippen LogP contribution in [0, 0.1) is 6.07 Å². The Balaban J connectivity index is 0.000000720. The fourth-order valence-electron chi connectivity index (χ4n) is 0.962. The van der Waals surface area contributed by atoms with E-state index in [1.807, 2.05) is 35.0 Å². The first-order chi connectivity index (χ1) is 5.47. The van der Waals surface area contributed by atoms with Crippen LogP contribution in [-0.2, 0) is 0 Å². The zero-order valence-corrected chi connectivity index (χ0v) is 10.0. The van der Waals surface area contributed by atoms with E-state index in [9.17, 15) is 0 Å². The second kappa shape index (κ2) is 6.18. The maximum atomic E-state index is 3.95. The minimum atomic E-state index is 0. The Morgan fingerprint density at radius 2 is 1.92 bits per heavy atom. The summed E-state index contributed by atoms with van der Waals surface area (Å²) < 4.78 is 1.95. The third kappa shape index (κ3) is 3.13. The van der Waals surface area contributed by atoms with Crippen LogP contribution in [0.25, 0.3) is 5.69 Å². The van der Waals surface area contributed by atoms with Crippen LogP contribution in [-0.4, -0.2) is 32.6 Å². The SMILES string of the molecule is [Br-].[Mg+2].[c-]1ccc(-n2ccnc2)cc1. The van der Waals surface area contributed by atoms with E-state index in [-0.39, 0.29) is 40.0 Å². The molecule has 0 aliphatic heterocycles. The fraction of sp³-hybridized carbons (Fsp3) is 0. The summed E-state index contributed by atoms with van der Waals surface area (Å²) in [6.07, 6.45) is 5.45. The minimum absolute atomic E-state index is 0. The molecule has 4 heteroatoms. The van der Waals surface area contributed by atoms with E-state index in [1.54, 1.807) is 12.5 Å². The largest absolute Gasteiger partial charge is 2.00 e. The molecule has 1 aromatic carbocycles. The average Bonchev–Trinajstić information content (AvgIpc) is 2.58. The van der Waals surface area contributed by atoms with E-state index >= 15 is 0 Å². The first-order valence-electron chi connectivity index (χ1n) is 3.41. The van der Waals surface area contributed by atoms with Gasteiger partial charge >= 0.3 is 23.1 Å². The molecule has 0 aliphatic carbocycles. The van der Waals surface area contributed by atoms with Crippen molar-refractivity contribution in [1.29, 1.82) is 0 Å². The zero-order valence-electron chi connectivity index (χ0n) is 7.02. The number of nitrogens with zero attached hydrogens (tertiary/aromatic N) is 2. The van der Waals surface area contributed by atoms with Crippen molar-refractivity contribution in [2.24, 2.45) is 0 Å². The molecule has 0 fully saturated rings. The Bertz CT molecular complexity index is 321. The molecule has 2 rings (SSSR count). The predicted octanol–water partition coefficient (Wildman–Crippen LogP) is -1.70. The molecule has 0 aliphatic rings. The Morgan fingerprint density at radius 1 is 1.23 bits per heavy atom. The standard InChI is InChI=1S/C9H7N2.BrH.Mg/c1-2-4-9(5-3-1)11-7-6-10-8-11;;/h2-8H;1H;/q-1;;+2/p-1. The van der Waals surface area contributed by atoms with Crippen LogP contribution in [0.4, 0.5) is 0 Å². The van der Waals surface area contributed by atoms with Crippen molar-refractivity contribution in [1.82, 2.24) is 9.55 Å². The van der Waals surface area contributed by atoms with Crippen molar-refractivity contribution in [2.45, 2.75) is 0 Å². The Kier molecular flexibility index (Phi) is 6.02. The maximum absolute atomic E-state index is 3.95. The molecule has 0 bridgehead atoms. The molecule has 0 N–H and O–H groups in total. The smallest absolute Gasteiger partial charge is 1.00 e. The van der Waals surface area contributed by atoms with Crippen molar-refractivity contribution >= 4 is 23.1 Å². The molecule has 0 unspecified atom stereocenters. The van der Waals surface area contributed by atoms with Gasteiger partial charge in [0.25, 0.3) is 0 Å². The summed E-state index contributed by atoms with van der Waals surface area (Å²) in [4.78, 5) is 3.95. The van der Waals surface area contributed by atoms with E-state index in [4.69, 9.17) is 0 Å². The summed E-state index contributed by atoms with van der Waals surface area (Å²) in [5, 5.41) is 0. The number of benzene rings is 1. The van der Waals surface area contributed by atoms with Crippen molar-refractivity contribution in [3.63, 3.8) is 0 Å². The van der Waals surface area contributed by atoms with Crippen LogP contribution in [0.2, 0.25) is 0 Å². The normalized spacial score (nSPS) is 8.31. The summed E-state index contributed by atoms with van der Waals surface area (Å²) in [5.74, 6) is 0. The Hall–Kier alpha value is -0.324. The van der Waals surface area contributed by atoms with E-state index in [0.717, 1.165) is 5.69 Å². The van der Waals surface area contributed by atoms with Crippen LogP contribution in [0.1, 0.15) is 0 Å². The number of imidazole rings is 1. The molecule has 0 amide bonds. The Morgan fingerprint density at radius 3 is 2.46 bits per heavy atom. The van der Waals surface area contributed by atoms with E-state index in [1.165, 1.54) is 0 Å². The van der Waals surface area contributed by atoms with Gasteiger partial charge in [-0.1, -0.05) is 5.69 Å². The van der Waals surface area contributed by atoms with Gasteiger partial charge in [0.15, 0.2) is 0 Å². The molecule has 0 spiro atoms. The fourth-order valence-corrected chi connectivity index (χ4v) is 0.962. The molecule has 0 atom stereocenters. The molecule has 1 aromatic heterocycles. The minimum Gasteiger partial charge on any atom is -1.00 e. The maximum Gasteiger partial charge on any atom is 2.00 e. The summed E-state index contributed by atoms with van der Waals surface area (Å²) in [5.41, 5.74) is 1.11. The quantitative estimate of drug-likeness (QED) is 0.434. The third-order valence-electron chi connectivity index (χ3n) is 1.50. The van der Waals surface area contributed by atoms with Gasteiger partial charge in [-0.2, -0.15) is 18.2 Å². The summed E-state index contributed by atoms with van der Waals surface area (Å²) in [6.45, 7) is 0. The van der Waals surface area contributed by atoms with Crippen molar-refractivity contribution in [3.8, 4) is 5.69 Å². The first-order valence-corrected chi connectivity index (χ1v) is 3.41. The van der Waals surface area contributed by atoms with E-state index in [2.05, 4.69) is 11.1 Å². The molecular weight excluding hydrogens is 240 g/mol. The monoisotopic (exact) mass is 246 g/mol. The van der Waals surface area contributed by atoms with Gasteiger partial charge < -0.3 is 21.5 Å². The van der Waals surface area contributed by atoms with Crippen molar-refractivity contribution in [3.05, 3.63) is 49.1 Å². The van der Waals surface area contributed by atoms with Gasteiger partial charge in [0.05, 0.1) is 6.33 Å². The number of hydrogen-bond acceptors (Lipinski definition) is 1. The van der Waals surface area contributed by atoms with Gasteiger partial charge in [0.2, 0.25) is 0 Å².